The van der Waals surface area contributed by atoms with Gasteiger partial charge >= 0.3 is 0 Å². The molecule has 148 valence electrons. The summed E-state index contributed by atoms with van der Waals surface area (Å²) in [5, 5.41) is 5.91. The Morgan fingerprint density at radius 3 is 2.44 bits per heavy atom. The Morgan fingerprint density at radius 1 is 1.19 bits per heavy atom. The van der Waals surface area contributed by atoms with Gasteiger partial charge in [-0.3, -0.25) is 9.59 Å². The summed E-state index contributed by atoms with van der Waals surface area (Å²) < 4.78 is 0. The van der Waals surface area contributed by atoms with Crippen LogP contribution in [0.15, 0.2) is 35.3 Å². The number of rotatable bonds is 6. The van der Waals surface area contributed by atoms with E-state index in [1.165, 1.54) is 0 Å². The van der Waals surface area contributed by atoms with Crippen LogP contribution in [0.3, 0.4) is 0 Å². The maximum Gasteiger partial charge on any atom is 0.241 e. The second kappa shape index (κ2) is 10.5. The van der Waals surface area contributed by atoms with E-state index in [1.807, 2.05) is 30.3 Å². The van der Waals surface area contributed by atoms with Crippen molar-refractivity contribution in [1.29, 1.82) is 0 Å². The molecule has 2 amide bonds. The molecule has 0 saturated carbocycles. The van der Waals surface area contributed by atoms with Gasteiger partial charge in [0.25, 0.3) is 0 Å². The summed E-state index contributed by atoms with van der Waals surface area (Å²) >= 11 is 0. The molecule has 0 aromatic heterocycles. The number of aliphatic imine (C=N–C) groups is 1. The lowest BCUT2D eigenvalue weighted by atomic mass is 9.93. The Bertz CT molecular complexity index is 637. The molecule has 0 bridgehead atoms. The molecule has 1 aromatic carbocycles. The van der Waals surface area contributed by atoms with Crippen LogP contribution in [-0.4, -0.2) is 68.4 Å². The second-order valence-corrected chi connectivity index (χ2v) is 7.07. The maximum absolute atomic E-state index is 12.0. The highest BCUT2D eigenvalue weighted by Gasteiger charge is 2.23. The Balaban J connectivity index is 1.99. The predicted octanol–water partition coefficient (Wildman–Crippen LogP) is 1.07. The number of carbonyl (C=O) groups is 2. The summed E-state index contributed by atoms with van der Waals surface area (Å²) in [6.45, 7) is 2.45. The first-order valence-electron chi connectivity index (χ1n) is 9.47. The van der Waals surface area contributed by atoms with E-state index >= 15 is 0 Å². The first-order chi connectivity index (χ1) is 13.0. The summed E-state index contributed by atoms with van der Waals surface area (Å²) in [5.74, 6) is 1.27. The third-order valence-electron chi connectivity index (χ3n) is 4.82. The molecule has 0 aliphatic carbocycles. The van der Waals surface area contributed by atoms with Crippen molar-refractivity contribution in [1.82, 2.24) is 20.4 Å². The molecule has 1 aliphatic heterocycles. The van der Waals surface area contributed by atoms with E-state index in [4.69, 9.17) is 4.99 Å². The third-order valence-corrected chi connectivity index (χ3v) is 4.82. The number of hydrogen-bond donors (Lipinski definition) is 2. The van der Waals surface area contributed by atoms with Crippen molar-refractivity contribution >= 4 is 17.8 Å². The van der Waals surface area contributed by atoms with E-state index in [9.17, 15) is 9.59 Å². The van der Waals surface area contributed by atoms with Crippen LogP contribution in [0.25, 0.3) is 0 Å². The van der Waals surface area contributed by atoms with Crippen LogP contribution in [0, 0.1) is 5.92 Å². The Morgan fingerprint density at radius 2 is 1.85 bits per heavy atom. The molecule has 2 N–H and O–H groups in total. The Hall–Kier alpha value is -2.57. The van der Waals surface area contributed by atoms with E-state index in [0.717, 1.165) is 37.5 Å². The molecule has 0 spiro atoms. The molecule has 7 heteroatoms. The van der Waals surface area contributed by atoms with Crippen molar-refractivity contribution in [3.05, 3.63) is 35.9 Å². The van der Waals surface area contributed by atoms with Crippen molar-refractivity contribution in [2.24, 2.45) is 10.9 Å². The summed E-state index contributed by atoms with van der Waals surface area (Å²) in [4.78, 5) is 32.0. The number of nitrogens with one attached hydrogen (secondary N) is 2. The summed E-state index contributed by atoms with van der Waals surface area (Å²) in [5.41, 5.74) is 1.13. The minimum absolute atomic E-state index is 0.0110. The average molecular weight is 374 g/mol. The van der Waals surface area contributed by atoms with Crippen LogP contribution in [0.5, 0.6) is 0 Å². The molecule has 1 aliphatic rings. The normalized spacial score (nSPS) is 15.4. The molecule has 0 radical (unpaired) electrons. The van der Waals surface area contributed by atoms with Gasteiger partial charge in [-0.2, -0.15) is 0 Å². The fourth-order valence-electron chi connectivity index (χ4n) is 3.04. The molecule has 1 aromatic rings. The van der Waals surface area contributed by atoms with Crippen LogP contribution >= 0.6 is 0 Å². The highest BCUT2D eigenvalue weighted by Crippen LogP contribution is 2.20. The molecular formula is C20H31N5O2. The smallest absolute Gasteiger partial charge is 0.241 e. The van der Waals surface area contributed by atoms with Gasteiger partial charge in [0.15, 0.2) is 5.96 Å². The highest BCUT2D eigenvalue weighted by atomic mass is 16.2. The SMILES string of the molecule is CNC(=O)CC1CCN(C(=NCc2ccccc2)NCC(=O)N(C)C)CC1. The minimum Gasteiger partial charge on any atom is -0.359 e. The fraction of sp³-hybridized carbons (Fsp3) is 0.550. The third kappa shape index (κ3) is 6.92. The van der Waals surface area contributed by atoms with E-state index < -0.39 is 0 Å². The van der Waals surface area contributed by atoms with Crippen LogP contribution in [0.4, 0.5) is 0 Å². The predicted molar refractivity (Wildman–Crippen MR) is 107 cm³/mol. The lowest BCUT2D eigenvalue weighted by Gasteiger charge is -2.34. The first kappa shape index (κ1) is 20.7. The van der Waals surface area contributed by atoms with Gasteiger partial charge in [0.2, 0.25) is 11.8 Å². The zero-order chi connectivity index (χ0) is 19.6. The number of likely N-dealkylation sites (N-methyl/N-ethyl adjacent to an activating group) is 1. The number of piperidine rings is 1. The molecule has 0 unspecified atom stereocenters. The summed E-state index contributed by atoms with van der Waals surface area (Å²) in [6.07, 6.45) is 2.47. The lowest BCUT2D eigenvalue weighted by molar-refractivity contribution is -0.127. The quantitative estimate of drug-likeness (QED) is 0.578. The van der Waals surface area contributed by atoms with Crippen LogP contribution in [0.2, 0.25) is 0 Å². The zero-order valence-corrected chi connectivity index (χ0v) is 16.6. The minimum atomic E-state index is 0.0110. The highest BCUT2D eigenvalue weighted by molar-refractivity contribution is 5.86. The maximum atomic E-state index is 12.0. The van der Waals surface area contributed by atoms with Gasteiger partial charge < -0.3 is 20.4 Å². The van der Waals surface area contributed by atoms with Gasteiger partial charge in [0.1, 0.15) is 0 Å². The van der Waals surface area contributed by atoms with E-state index in [0.29, 0.717) is 18.9 Å². The fourth-order valence-corrected chi connectivity index (χ4v) is 3.04. The molecule has 27 heavy (non-hydrogen) atoms. The number of hydrogen-bond acceptors (Lipinski definition) is 3. The van der Waals surface area contributed by atoms with Crippen molar-refractivity contribution in [3.8, 4) is 0 Å². The van der Waals surface area contributed by atoms with Crippen molar-refractivity contribution in [3.63, 3.8) is 0 Å². The van der Waals surface area contributed by atoms with Gasteiger partial charge in [-0.25, -0.2) is 4.99 Å². The van der Waals surface area contributed by atoms with E-state index in [2.05, 4.69) is 15.5 Å². The monoisotopic (exact) mass is 373 g/mol. The van der Waals surface area contributed by atoms with Gasteiger partial charge in [-0.1, -0.05) is 30.3 Å². The van der Waals surface area contributed by atoms with Crippen molar-refractivity contribution in [2.75, 3.05) is 40.8 Å². The number of guanidine groups is 1. The number of amides is 2. The molecule has 7 nitrogen and oxygen atoms in total. The molecule has 0 atom stereocenters. The van der Waals surface area contributed by atoms with Crippen LogP contribution in [0.1, 0.15) is 24.8 Å². The summed E-state index contributed by atoms with van der Waals surface area (Å²) in [6, 6.07) is 10.1. The second-order valence-electron chi connectivity index (χ2n) is 7.07. The van der Waals surface area contributed by atoms with Crippen LogP contribution in [-0.2, 0) is 16.1 Å². The van der Waals surface area contributed by atoms with E-state index in [-0.39, 0.29) is 18.4 Å². The topological polar surface area (TPSA) is 77.0 Å². The Labute approximate surface area is 161 Å². The summed E-state index contributed by atoms with van der Waals surface area (Å²) in [7, 11) is 5.17. The number of carbonyl (C=O) groups excluding carboxylic acids is 2. The first-order valence-corrected chi connectivity index (χ1v) is 9.47. The van der Waals surface area contributed by atoms with Crippen LogP contribution < -0.4 is 10.6 Å². The number of nitrogens with zero attached hydrogens (tertiary/aromatic N) is 3. The standard InChI is InChI=1S/C20H31N5O2/c1-21-18(26)13-16-9-11-25(12-10-16)20(23-15-19(27)24(2)3)22-14-17-7-5-4-6-8-17/h4-8,16H,9-15H2,1-3H3,(H,21,26)(H,22,23). The van der Waals surface area contributed by atoms with Gasteiger partial charge in [-0.05, 0) is 24.3 Å². The molecule has 1 saturated heterocycles. The number of likely N-dealkylation sites (tertiary alicyclic amines) is 1. The van der Waals surface area contributed by atoms with Crippen molar-refractivity contribution in [2.45, 2.75) is 25.8 Å². The van der Waals surface area contributed by atoms with Gasteiger partial charge in [0, 0.05) is 40.7 Å². The Kier molecular flexibility index (Phi) is 8.10. The van der Waals surface area contributed by atoms with E-state index in [1.54, 1.807) is 26.0 Å². The zero-order valence-electron chi connectivity index (χ0n) is 16.6. The molecule has 1 fully saturated rings. The van der Waals surface area contributed by atoms with Gasteiger partial charge in [0.05, 0.1) is 13.1 Å². The largest absolute Gasteiger partial charge is 0.359 e. The lowest BCUT2D eigenvalue weighted by Crippen LogP contribution is -2.48. The van der Waals surface area contributed by atoms with Crippen molar-refractivity contribution < 1.29 is 9.59 Å². The molecule has 2 rings (SSSR count). The number of benzene rings is 1. The average Bonchev–Trinajstić information content (AvgIpc) is 2.69. The molecular weight excluding hydrogens is 342 g/mol. The molecule has 1 heterocycles. The van der Waals surface area contributed by atoms with Gasteiger partial charge in [-0.15, -0.1) is 0 Å².